The SMILES string of the molecule is O=C(O)c1cn[nH]c1CNc1nc(-c2ccccc2)nc2ccccc12. The fourth-order valence-electron chi connectivity index (χ4n) is 2.73. The van der Waals surface area contributed by atoms with E-state index >= 15 is 0 Å². The molecule has 4 rings (SSSR count). The van der Waals surface area contributed by atoms with Gasteiger partial charge < -0.3 is 10.4 Å². The zero-order valence-corrected chi connectivity index (χ0v) is 13.7. The van der Waals surface area contributed by atoms with Gasteiger partial charge in [-0.25, -0.2) is 14.8 Å². The van der Waals surface area contributed by atoms with Gasteiger partial charge in [-0.2, -0.15) is 5.10 Å². The number of rotatable bonds is 5. The molecule has 7 heteroatoms. The molecule has 128 valence electrons. The van der Waals surface area contributed by atoms with E-state index in [0.717, 1.165) is 16.5 Å². The van der Waals surface area contributed by atoms with Crippen molar-refractivity contribution in [3.8, 4) is 11.4 Å². The van der Waals surface area contributed by atoms with Gasteiger partial charge in [0.1, 0.15) is 11.4 Å². The van der Waals surface area contributed by atoms with E-state index in [0.29, 0.717) is 17.3 Å². The molecule has 7 nitrogen and oxygen atoms in total. The van der Waals surface area contributed by atoms with Gasteiger partial charge in [-0.15, -0.1) is 0 Å². The van der Waals surface area contributed by atoms with Crippen LogP contribution in [0.4, 0.5) is 5.82 Å². The van der Waals surface area contributed by atoms with Crippen molar-refractivity contribution in [2.75, 3.05) is 5.32 Å². The van der Waals surface area contributed by atoms with E-state index in [1.165, 1.54) is 6.20 Å². The Kier molecular flexibility index (Phi) is 4.03. The maximum absolute atomic E-state index is 11.2. The monoisotopic (exact) mass is 345 g/mol. The molecule has 26 heavy (non-hydrogen) atoms. The van der Waals surface area contributed by atoms with Gasteiger partial charge in [-0.3, -0.25) is 5.10 Å². The number of nitrogens with zero attached hydrogens (tertiary/aromatic N) is 3. The van der Waals surface area contributed by atoms with Crippen molar-refractivity contribution in [2.24, 2.45) is 0 Å². The van der Waals surface area contributed by atoms with Crippen molar-refractivity contribution < 1.29 is 9.90 Å². The fraction of sp³-hybridized carbons (Fsp3) is 0.0526. The van der Waals surface area contributed by atoms with Crippen LogP contribution in [-0.4, -0.2) is 31.2 Å². The number of benzene rings is 2. The van der Waals surface area contributed by atoms with Gasteiger partial charge in [-0.05, 0) is 12.1 Å². The average molecular weight is 345 g/mol. The number of fused-ring (bicyclic) bond motifs is 1. The van der Waals surface area contributed by atoms with Gasteiger partial charge in [0.25, 0.3) is 0 Å². The first-order valence-corrected chi connectivity index (χ1v) is 8.04. The second kappa shape index (κ2) is 6.64. The third kappa shape index (κ3) is 2.98. The molecule has 0 amide bonds. The van der Waals surface area contributed by atoms with Crippen LogP contribution in [0.15, 0.2) is 60.8 Å². The minimum atomic E-state index is -1.02. The Bertz CT molecular complexity index is 1080. The van der Waals surface area contributed by atoms with E-state index in [-0.39, 0.29) is 12.1 Å². The Hall–Kier alpha value is -3.74. The van der Waals surface area contributed by atoms with Gasteiger partial charge >= 0.3 is 5.97 Å². The summed E-state index contributed by atoms with van der Waals surface area (Å²) in [5.74, 6) is 0.225. The third-order valence-corrected chi connectivity index (χ3v) is 4.02. The molecule has 0 fully saturated rings. The van der Waals surface area contributed by atoms with Crippen molar-refractivity contribution in [3.05, 3.63) is 72.1 Å². The highest BCUT2D eigenvalue weighted by Crippen LogP contribution is 2.25. The van der Waals surface area contributed by atoms with Crippen molar-refractivity contribution >= 4 is 22.7 Å². The van der Waals surface area contributed by atoms with E-state index in [4.69, 9.17) is 0 Å². The van der Waals surface area contributed by atoms with Crippen LogP contribution in [0.25, 0.3) is 22.3 Å². The number of nitrogens with one attached hydrogen (secondary N) is 2. The van der Waals surface area contributed by atoms with Crippen LogP contribution in [0.5, 0.6) is 0 Å². The quantitative estimate of drug-likeness (QED) is 0.512. The van der Waals surface area contributed by atoms with E-state index < -0.39 is 5.97 Å². The molecular weight excluding hydrogens is 330 g/mol. The average Bonchev–Trinajstić information content (AvgIpc) is 3.15. The second-order valence-electron chi connectivity index (χ2n) is 5.70. The van der Waals surface area contributed by atoms with Crippen LogP contribution in [0, 0.1) is 0 Å². The highest BCUT2D eigenvalue weighted by molar-refractivity contribution is 5.91. The summed E-state index contributed by atoms with van der Waals surface area (Å²) >= 11 is 0. The van der Waals surface area contributed by atoms with Crippen LogP contribution in [0.1, 0.15) is 16.1 Å². The molecule has 0 unspecified atom stereocenters. The van der Waals surface area contributed by atoms with Gasteiger partial charge in [0.15, 0.2) is 5.82 Å². The van der Waals surface area contributed by atoms with Gasteiger partial charge in [-0.1, -0.05) is 42.5 Å². The topological polar surface area (TPSA) is 104 Å². The van der Waals surface area contributed by atoms with Gasteiger partial charge in [0.05, 0.1) is 24.0 Å². The van der Waals surface area contributed by atoms with Gasteiger partial charge in [0, 0.05) is 10.9 Å². The maximum Gasteiger partial charge on any atom is 0.339 e. The lowest BCUT2D eigenvalue weighted by molar-refractivity contribution is 0.0696. The zero-order chi connectivity index (χ0) is 17.9. The predicted octanol–water partition coefficient (Wildman–Crippen LogP) is 3.33. The number of aromatic nitrogens is 4. The fourth-order valence-corrected chi connectivity index (χ4v) is 2.73. The summed E-state index contributed by atoms with van der Waals surface area (Å²) in [5, 5.41) is 19.8. The van der Waals surface area contributed by atoms with Crippen molar-refractivity contribution in [1.82, 2.24) is 20.2 Å². The number of para-hydroxylation sites is 1. The molecule has 2 heterocycles. The lowest BCUT2D eigenvalue weighted by atomic mass is 10.2. The molecule has 0 bridgehead atoms. The van der Waals surface area contributed by atoms with E-state index in [2.05, 4.69) is 25.5 Å². The number of aromatic amines is 1. The third-order valence-electron chi connectivity index (χ3n) is 4.02. The highest BCUT2D eigenvalue weighted by Gasteiger charge is 2.14. The molecular formula is C19H15N5O2. The van der Waals surface area contributed by atoms with Crippen LogP contribution in [0.2, 0.25) is 0 Å². The molecule has 3 N–H and O–H groups in total. The zero-order valence-electron chi connectivity index (χ0n) is 13.7. The maximum atomic E-state index is 11.2. The van der Waals surface area contributed by atoms with Gasteiger partial charge in [0.2, 0.25) is 0 Å². The number of hydrogen-bond acceptors (Lipinski definition) is 5. The standard InChI is InChI=1S/C19H15N5O2/c25-19(26)14-10-21-24-16(14)11-20-18-13-8-4-5-9-15(13)22-17(23-18)12-6-2-1-3-7-12/h1-10H,11H2,(H,21,24)(H,25,26)(H,20,22,23). The number of carbonyl (C=O) groups is 1. The number of hydrogen-bond donors (Lipinski definition) is 3. The summed E-state index contributed by atoms with van der Waals surface area (Å²) in [6.07, 6.45) is 1.30. The first-order valence-electron chi connectivity index (χ1n) is 8.04. The lowest BCUT2D eigenvalue weighted by Crippen LogP contribution is -2.08. The highest BCUT2D eigenvalue weighted by atomic mass is 16.4. The first kappa shape index (κ1) is 15.8. The Balaban J connectivity index is 1.73. The van der Waals surface area contributed by atoms with Crippen molar-refractivity contribution in [2.45, 2.75) is 6.54 Å². The van der Waals surface area contributed by atoms with Crippen LogP contribution in [-0.2, 0) is 6.54 Å². The Morgan fingerprint density at radius 2 is 1.81 bits per heavy atom. The number of carboxylic acids is 1. The molecule has 0 aliphatic rings. The van der Waals surface area contributed by atoms with E-state index in [1.807, 2.05) is 54.6 Å². The summed E-state index contributed by atoms with van der Waals surface area (Å²) in [6, 6.07) is 17.4. The second-order valence-corrected chi connectivity index (χ2v) is 5.70. The minimum Gasteiger partial charge on any atom is -0.478 e. The van der Waals surface area contributed by atoms with Crippen LogP contribution >= 0.6 is 0 Å². The molecule has 0 saturated heterocycles. The molecule has 4 aromatic rings. The number of H-pyrrole nitrogens is 1. The van der Waals surface area contributed by atoms with Crippen LogP contribution in [0.3, 0.4) is 0 Å². The van der Waals surface area contributed by atoms with Crippen molar-refractivity contribution in [1.29, 1.82) is 0 Å². The Labute approximate surface area is 148 Å². The number of carboxylic acid groups (broad SMARTS) is 1. The molecule has 2 aromatic carbocycles. The molecule has 0 radical (unpaired) electrons. The normalized spacial score (nSPS) is 10.8. The largest absolute Gasteiger partial charge is 0.478 e. The molecule has 0 aliphatic carbocycles. The number of anilines is 1. The van der Waals surface area contributed by atoms with E-state index in [9.17, 15) is 9.90 Å². The van der Waals surface area contributed by atoms with E-state index in [1.54, 1.807) is 0 Å². The minimum absolute atomic E-state index is 0.138. The number of aromatic carboxylic acids is 1. The molecule has 2 aromatic heterocycles. The first-order chi connectivity index (χ1) is 12.7. The molecule has 0 saturated carbocycles. The van der Waals surface area contributed by atoms with Crippen molar-refractivity contribution in [3.63, 3.8) is 0 Å². The lowest BCUT2D eigenvalue weighted by Gasteiger charge is -2.11. The smallest absolute Gasteiger partial charge is 0.339 e. The summed E-state index contributed by atoms with van der Waals surface area (Å²) in [4.78, 5) is 20.5. The summed E-state index contributed by atoms with van der Waals surface area (Å²) in [6.45, 7) is 0.261. The summed E-state index contributed by atoms with van der Waals surface area (Å²) < 4.78 is 0. The molecule has 0 aliphatic heterocycles. The molecule has 0 spiro atoms. The summed E-state index contributed by atoms with van der Waals surface area (Å²) in [7, 11) is 0. The molecule has 0 atom stereocenters. The predicted molar refractivity (Wildman–Crippen MR) is 97.8 cm³/mol. The Morgan fingerprint density at radius 3 is 2.62 bits per heavy atom. The van der Waals surface area contributed by atoms with Crippen LogP contribution < -0.4 is 5.32 Å². The summed E-state index contributed by atoms with van der Waals surface area (Å²) in [5.41, 5.74) is 2.35. The Morgan fingerprint density at radius 1 is 1.04 bits per heavy atom.